The lowest BCUT2D eigenvalue weighted by Crippen LogP contribution is -2.12. The van der Waals surface area contributed by atoms with Gasteiger partial charge < -0.3 is 9.30 Å². The van der Waals surface area contributed by atoms with E-state index in [9.17, 15) is 0 Å². The summed E-state index contributed by atoms with van der Waals surface area (Å²) in [5.41, 5.74) is 2.08. The fourth-order valence-corrected chi connectivity index (χ4v) is 2.81. The summed E-state index contributed by atoms with van der Waals surface area (Å²) < 4.78 is 7.81. The SMILES string of the molecule is CCCn1cc(-c2ccccc2OC)nc1C(C)C(C)CC. The molecule has 2 unspecified atom stereocenters. The van der Waals surface area contributed by atoms with E-state index >= 15 is 0 Å². The van der Waals surface area contributed by atoms with Crippen LogP contribution >= 0.6 is 0 Å². The van der Waals surface area contributed by atoms with E-state index in [1.807, 2.05) is 18.2 Å². The molecular formula is C19H28N2O. The molecule has 0 fully saturated rings. The summed E-state index contributed by atoms with van der Waals surface area (Å²) >= 11 is 0. The van der Waals surface area contributed by atoms with E-state index in [4.69, 9.17) is 9.72 Å². The lowest BCUT2D eigenvalue weighted by Gasteiger charge is -2.19. The second-order valence-corrected chi connectivity index (χ2v) is 6.05. The summed E-state index contributed by atoms with van der Waals surface area (Å²) in [6.45, 7) is 10.1. The van der Waals surface area contributed by atoms with Crippen LogP contribution in [0.5, 0.6) is 5.75 Å². The number of hydrogen-bond acceptors (Lipinski definition) is 2. The highest BCUT2D eigenvalue weighted by Crippen LogP contribution is 2.32. The van der Waals surface area contributed by atoms with Gasteiger partial charge in [0.05, 0.1) is 12.8 Å². The minimum atomic E-state index is 0.458. The van der Waals surface area contributed by atoms with Gasteiger partial charge in [-0.15, -0.1) is 0 Å². The Morgan fingerprint density at radius 3 is 2.55 bits per heavy atom. The van der Waals surface area contributed by atoms with Gasteiger partial charge in [0, 0.05) is 24.2 Å². The molecule has 22 heavy (non-hydrogen) atoms. The molecular weight excluding hydrogens is 272 g/mol. The molecule has 0 aliphatic heterocycles. The van der Waals surface area contributed by atoms with Crippen LogP contribution in [-0.4, -0.2) is 16.7 Å². The summed E-state index contributed by atoms with van der Waals surface area (Å²) in [6.07, 6.45) is 4.46. The quantitative estimate of drug-likeness (QED) is 0.709. The van der Waals surface area contributed by atoms with Crippen molar-refractivity contribution in [1.82, 2.24) is 9.55 Å². The van der Waals surface area contributed by atoms with E-state index in [0.29, 0.717) is 11.8 Å². The van der Waals surface area contributed by atoms with Gasteiger partial charge in [0.1, 0.15) is 11.6 Å². The molecule has 3 heteroatoms. The maximum atomic E-state index is 5.49. The van der Waals surface area contributed by atoms with Crippen molar-refractivity contribution in [2.45, 2.75) is 53.0 Å². The topological polar surface area (TPSA) is 27.1 Å². The number of imidazole rings is 1. The highest BCUT2D eigenvalue weighted by Gasteiger charge is 2.20. The number of rotatable bonds is 7. The predicted octanol–water partition coefficient (Wildman–Crippen LogP) is 5.12. The fourth-order valence-electron chi connectivity index (χ4n) is 2.81. The molecule has 3 nitrogen and oxygen atoms in total. The molecule has 2 rings (SSSR count). The molecule has 1 aromatic carbocycles. The first kappa shape index (κ1) is 16.6. The Morgan fingerprint density at radius 1 is 1.18 bits per heavy atom. The molecule has 120 valence electrons. The Bertz CT molecular complexity index is 603. The van der Waals surface area contributed by atoms with Crippen LogP contribution in [0.1, 0.15) is 52.3 Å². The third-order valence-electron chi connectivity index (χ3n) is 4.56. The zero-order chi connectivity index (χ0) is 16.1. The molecule has 1 heterocycles. The second kappa shape index (κ2) is 7.48. The molecule has 0 spiro atoms. The minimum Gasteiger partial charge on any atom is -0.496 e. The van der Waals surface area contributed by atoms with Gasteiger partial charge in [-0.2, -0.15) is 0 Å². The number of hydrogen-bond donors (Lipinski definition) is 0. The first-order valence-electron chi connectivity index (χ1n) is 8.32. The first-order chi connectivity index (χ1) is 10.6. The lowest BCUT2D eigenvalue weighted by atomic mass is 9.93. The van der Waals surface area contributed by atoms with Crippen LogP contribution in [0.15, 0.2) is 30.5 Å². The van der Waals surface area contributed by atoms with E-state index in [1.165, 1.54) is 12.2 Å². The van der Waals surface area contributed by atoms with Gasteiger partial charge in [-0.1, -0.05) is 46.2 Å². The van der Waals surface area contributed by atoms with Crippen molar-refractivity contribution >= 4 is 0 Å². The van der Waals surface area contributed by atoms with Crippen molar-refractivity contribution < 1.29 is 4.74 Å². The molecule has 0 aliphatic carbocycles. The molecule has 0 amide bonds. The Morgan fingerprint density at radius 2 is 1.91 bits per heavy atom. The maximum absolute atomic E-state index is 5.49. The average molecular weight is 300 g/mol. The monoisotopic (exact) mass is 300 g/mol. The van der Waals surface area contributed by atoms with Crippen molar-refractivity contribution in [2.75, 3.05) is 7.11 Å². The van der Waals surface area contributed by atoms with Crippen molar-refractivity contribution in [1.29, 1.82) is 0 Å². The van der Waals surface area contributed by atoms with Gasteiger partial charge in [0.15, 0.2) is 0 Å². The van der Waals surface area contributed by atoms with Crippen LogP contribution in [0.25, 0.3) is 11.3 Å². The zero-order valence-corrected chi connectivity index (χ0v) is 14.5. The summed E-state index contributed by atoms with van der Waals surface area (Å²) in [6, 6.07) is 8.10. The highest BCUT2D eigenvalue weighted by atomic mass is 16.5. The number of benzene rings is 1. The van der Waals surface area contributed by atoms with Gasteiger partial charge in [-0.3, -0.25) is 0 Å². The van der Waals surface area contributed by atoms with Gasteiger partial charge >= 0.3 is 0 Å². The average Bonchev–Trinajstić information content (AvgIpc) is 2.97. The third kappa shape index (κ3) is 3.34. The standard InChI is InChI=1S/C19H28N2O/c1-6-12-21-13-17(16-10-8-9-11-18(16)22-5)20-19(21)15(4)14(3)7-2/h8-11,13-15H,6-7,12H2,1-5H3. The number of aryl methyl sites for hydroxylation is 1. The van der Waals surface area contributed by atoms with Crippen molar-refractivity contribution in [3.8, 4) is 17.0 Å². The fraction of sp³-hybridized carbons (Fsp3) is 0.526. The molecule has 0 bridgehead atoms. The van der Waals surface area contributed by atoms with Crippen LogP contribution in [0.2, 0.25) is 0 Å². The summed E-state index contributed by atoms with van der Waals surface area (Å²) in [7, 11) is 1.71. The van der Waals surface area contributed by atoms with Crippen molar-refractivity contribution in [3.63, 3.8) is 0 Å². The number of aromatic nitrogens is 2. The smallest absolute Gasteiger partial charge is 0.128 e. The molecule has 0 saturated heterocycles. The van der Waals surface area contributed by atoms with Crippen molar-refractivity contribution in [2.24, 2.45) is 5.92 Å². The minimum absolute atomic E-state index is 0.458. The number of nitrogens with zero attached hydrogens (tertiary/aromatic N) is 2. The Balaban J connectivity index is 2.46. The number of ether oxygens (including phenoxy) is 1. The van der Waals surface area contributed by atoms with Gasteiger partial charge in [-0.25, -0.2) is 4.98 Å². The van der Waals surface area contributed by atoms with Crippen LogP contribution in [0, 0.1) is 5.92 Å². The molecule has 1 aromatic heterocycles. The van der Waals surface area contributed by atoms with Gasteiger partial charge in [0.25, 0.3) is 0 Å². The van der Waals surface area contributed by atoms with Crippen molar-refractivity contribution in [3.05, 3.63) is 36.3 Å². The molecule has 2 atom stereocenters. The van der Waals surface area contributed by atoms with Gasteiger partial charge in [0.2, 0.25) is 0 Å². The number of para-hydroxylation sites is 1. The van der Waals surface area contributed by atoms with E-state index in [2.05, 4.69) is 44.5 Å². The zero-order valence-electron chi connectivity index (χ0n) is 14.5. The molecule has 2 aromatic rings. The summed E-state index contributed by atoms with van der Waals surface area (Å²) in [5.74, 6) is 3.16. The second-order valence-electron chi connectivity index (χ2n) is 6.05. The Hall–Kier alpha value is -1.77. The first-order valence-corrected chi connectivity index (χ1v) is 8.32. The molecule has 0 radical (unpaired) electrons. The van der Waals surface area contributed by atoms with Crippen LogP contribution in [0.3, 0.4) is 0 Å². The summed E-state index contributed by atoms with van der Waals surface area (Å²) in [5, 5.41) is 0. The van der Waals surface area contributed by atoms with E-state index < -0.39 is 0 Å². The van der Waals surface area contributed by atoms with E-state index in [0.717, 1.165) is 30.0 Å². The lowest BCUT2D eigenvalue weighted by molar-refractivity contribution is 0.416. The largest absolute Gasteiger partial charge is 0.496 e. The molecule has 0 aliphatic rings. The highest BCUT2D eigenvalue weighted by molar-refractivity contribution is 5.66. The molecule has 0 N–H and O–H groups in total. The Labute approximate surface area is 134 Å². The normalized spacial score (nSPS) is 13.9. The molecule has 0 saturated carbocycles. The predicted molar refractivity (Wildman–Crippen MR) is 92.4 cm³/mol. The van der Waals surface area contributed by atoms with Crippen LogP contribution in [0.4, 0.5) is 0 Å². The van der Waals surface area contributed by atoms with Crippen LogP contribution < -0.4 is 4.74 Å². The van der Waals surface area contributed by atoms with E-state index in [-0.39, 0.29) is 0 Å². The number of methoxy groups -OCH3 is 1. The van der Waals surface area contributed by atoms with Crippen LogP contribution in [-0.2, 0) is 6.54 Å². The third-order valence-corrected chi connectivity index (χ3v) is 4.56. The van der Waals surface area contributed by atoms with E-state index in [1.54, 1.807) is 7.11 Å². The Kier molecular flexibility index (Phi) is 5.64. The maximum Gasteiger partial charge on any atom is 0.128 e. The summed E-state index contributed by atoms with van der Waals surface area (Å²) in [4.78, 5) is 4.96. The van der Waals surface area contributed by atoms with Gasteiger partial charge in [-0.05, 0) is 24.5 Å².